The molecule has 1 atom stereocenters. The second kappa shape index (κ2) is 2.98. The van der Waals surface area contributed by atoms with Crippen LogP contribution in [0.25, 0.3) is 0 Å². The van der Waals surface area contributed by atoms with Gasteiger partial charge in [0.1, 0.15) is 0 Å². The van der Waals surface area contributed by atoms with Crippen LogP contribution in [-0.4, -0.2) is 42.9 Å². The fourth-order valence-electron chi connectivity index (χ4n) is 2.01. The topological polar surface area (TPSA) is 24.5 Å². The summed E-state index contributed by atoms with van der Waals surface area (Å²) < 4.78 is 5.42. The van der Waals surface area contributed by atoms with E-state index < -0.39 is 0 Å². The van der Waals surface area contributed by atoms with E-state index in [1.54, 1.807) is 0 Å². The molecule has 0 aromatic carbocycles. The standard InChI is InChI=1S/C9H18N2O/c1-8(2)11-5-9(10-7-11)3-4-12-6-9/h8,10H,3-7H2,1-2H3. The van der Waals surface area contributed by atoms with Crippen molar-refractivity contribution in [2.45, 2.75) is 31.8 Å². The van der Waals surface area contributed by atoms with Crippen molar-refractivity contribution < 1.29 is 4.74 Å². The third kappa shape index (κ3) is 1.37. The van der Waals surface area contributed by atoms with Gasteiger partial charge >= 0.3 is 0 Å². The Hall–Kier alpha value is -0.120. The van der Waals surface area contributed by atoms with Gasteiger partial charge in [-0.1, -0.05) is 0 Å². The van der Waals surface area contributed by atoms with Crippen LogP contribution in [0.15, 0.2) is 0 Å². The molecule has 1 N–H and O–H groups in total. The Balaban J connectivity index is 1.96. The van der Waals surface area contributed by atoms with E-state index in [4.69, 9.17) is 4.74 Å². The molecule has 0 amide bonds. The molecule has 1 unspecified atom stereocenters. The number of hydrogen-bond donors (Lipinski definition) is 1. The van der Waals surface area contributed by atoms with Gasteiger partial charge in [-0.25, -0.2) is 0 Å². The first kappa shape index (κ1) is 8.48. The zero-order valence-electron chi connectivity index (χ0n) is 7.97. The highest BCUT2D eigenvalue weighted by atomic mass is 16.5. The Morgan fingerprint density at radius 1 is 1.50 bits per heavy atom. The van der Waals surface area contributed by atoms with E-state index in [0.29, 0.717) is 11.6 Å². The monoisotopic (exact) mass is 170 g/mol. The van der Waals surface area contributed by atoms with E-state index in [1.807, 2.05) is 0 Å². The molecule has 3 heteroatoms. The molecule has 3 nitrogen and oxygen atoms in total. The molecule has 2 aliphatic heterocycles. The lowest BCUT2D eigenvalue weighted by Crippen LogP contribution is -2.43. The summed E-state index contributed by atoms with van der Waals surface area (Å²) in [6.45, 7) is 8.51. The van der Waals surface area contributed by atoms with Gasteiger partial charge in [0.05, 0.1) is 12.1 Å². The average molecular weight is 170 g/mol. The van der Waals surface area contributed by atoms with Crippen LogP contribution in [0.4, 0.5) is 0 Å². The summed E-state index contributed by atoms with van der Waals surface area (Å²) in [4.78, 5) is 2.47. The van der Waals surface area contributed by atoms with Crippen molar-refractivity contribution >= 4 is 0 Å². The minimum Gasteiger partial charge on any atom is -0.379 e. The van der Waals surface area contributed by atoms with Crippen molar-refractivity contribution in [3.8, 4) is 0 Å². The molecule has 12 heavy (non-hydrogen) atoms. The highest BCUT2D eigenvalue weighted by Crippen LogP contribution is 2.24. The summed E-state index contributed by atoms with van der Waals surface area (Å²) in [7, 11) is 0. The number of nitrogens with one attached hydrogen (secondary N) is 1. The molecule has 0 aromatic heterocycles. The van der Waals surface area contributed by atoms with Crippen molar-refractivity contribution in [1.82, 2.24) is 10.2 Å². The molecule has 2 aliphatic rings. The molecule has 0 radical (unpaired) electrons. The molecule has 70 valence electrons. The summed E-state index contributed by atoms with van der Waals surface area (Å²) in [5.74, 6) is 0. The number of ether oxygens (including phenoxy) is 1. The van der Waals surface area contributed by atoms with Crippen LogP contribution < -0.4 is 5.32 Å². The van der Waals surface area contributed by atoms with Gasteiger partial charge in [0, 0.05) is 25.9 Å². The van der Waals surface area contributed by atoms with Crippen LogP contribution in [0, 0.1) is 0 Å². The molecule has 0 aliphatic carbocycles. The number of hydrogen-bond acceptors (Lipinski definition) is 3. The largest absolute Gasteiger partial charge is 0.379 e. The maximum Gasteiger partial charge on any atom is 0.0662 e. The van der Waals surface area contributed by atoms with Gasteiger partial charge in [-0.2, -0.15) is 0 Å². The lowest BCUT2D eigenvalue weighted by Gasteiger charge is -2.23. The summed E-state index contributed by atoms with van der Waals surface area (Å²) in [5, 5.41) is 3.56. The lowest BCUT2D eigenvalue weighted by molar-refractivity contribution is 0.170. The molecule has 0 saturated carbocycles. The molecule has 2 rings (SSSR count). The maximum absolute atomic E-state index is 5.42. The molecule has 2 fully saturated rings. The summed E-state index contributed by atoms with van der Waals surface area (Å²) >= 11 is 0. The second-order valence-electron chi connectivity index (χ2n) is 4.26. The van der Waals surface area contributed by atoms with Gasteiger partial charge in [0.2, 0.25) is 0 Å². The predicted molar refractivity (Wildman–Crippen MR) is 48.0 cm³/mol. The lowest BCUT2D eigenvalue weighted by atomic mass is 10.0. The van der Waals surface area contributed by atoms with Gasteiger partial charge in [0.25, 0.3) is 0 Å². The Labute approximate surface area is 74.1 Å². The van der Waals surface area contributed by atoms with Gasteiger partial charge in [0.15, 0.2) is 0 Å². The average Bonchev–Trinajstić information content (AvgIpc) is 2.62. The van der Waals surface area contributed by atoms with Crippen molar-refractivity contribution in [1.29, 1.82) is 0 Å². The van der Waals surface area contributed by atoms with Crippen molar-refractivity contribution in [2.24, 2.45) is 0 Å². The fraction of sp³-hybridized carbons (Fsp3) is 1.00. The molecule has 0 bridgehead atoms. The smallest absolute Gasteiger partial charge is 0.0662 e. The van der Waals surface area contributed by atoms with E-state index in [9.17, 15) is 0 Å². The normalized spacial score (nSPS) is 37.2. The van der Waals surface area contributed by atoms with E-state index in [0.717, 1.165) is 26.4 Å². The van der Waals surface area contributed by atoms with Crippen LogP contribution in [0.5, 0.6) is 0 Å². The van der Waals surface area contributed by atoms with Gasteiger partial charge in [-0.3, -0.25) is 10.2 Å². The van der Waals surface area contributed by atoms with Crippen LogP contribution in [0.3, 0.4) is 0 Å². The first-order chi connectivity index (χ1) is 5.72. The highest BCUT2D eigenvalue weighted by molar-refractivity contribution is 4.99. The molecule has 2 saturated heterocycles. The van der Waals surface area contributed by atoms with Crippen molar-refractivity contribution in [3.05, 3.63) is 0 Å². The van der Waals surface area contributed by atoms with E-state index in [1.165, 1.54) is 6.42 Å². The summed E-state index contributed by atoms with van der Waals surface area (Å²) in [5.41, 5.74) is 0.296. The Bertz CT molecular complexity index is 164. The van der Waals surface area contributed by atoms with Crippen LogP contribution in [0.1, 0.15) is 20.3 Å². The van der Waals surface area contributed by atoms with E-state index in [2.05, 4.69) is 24.1 Å². The fourth-order valence-corrected chi connectivity index (χ4v) is 2.01. The van der Waals surface area contributed by atoms with Crippen molar-refractivity contribution in [2.75, 3.05) is 26.4 Å². The van der Waals surface area contributed by atoms with Gasteiger partial charge in [-0.05, 0) is 20.3 Å². The Kier molecular flexibility index (Phi) is 2.10. The minimum atomic E-state index is 0.296. The molecule has 1 spiro atoms. The first-order valence-electron chi connectivity index (χ1n) is 4.79. The number of rotatable bonds is 1. The SMILES string of the molecule is CC(C)N1CNC2(CCOC2)C1. The van der Waals surface area contributed by atoms with Crippen molar-refractivity contribution in [3.63, 3.8) is 0 Å². The summed E-state index contributed by atoms with van der Waals surface area (Å²) in [6, 6.07) is 0.650. The zero-order valence-corrected chi connectivity index (χ0v) is 7.97. The molecule has 2 heterocycles. The number of nitrogens with zero attached hydrogens (tertiary/aromatic N) is 1. The predicted octanol–water partition coefficient (Wildman–Crippen LogP) is 0.417. The molecular weight excluding hydrogens is 152 g/mol. The van der Waals surface area contributed by atoms with E-state index >= 15 is 0 Å². The first-order valence-corrected chi connectivity index (χ1v) is 4.79. The highest BCUT2D eigenvalue weighted by Gasteiger charge is 2.41. The van der Waals surface area contributed by atoms with Crippen LogP contribution in [-0.2, 0) is 4.74 Å². The summed E-state index contributed by atoms with van der Waals surface area (Å²) in [6.07, 6.45) is 1.18. The molecule has 0 aromatic rings. The second-order valence-corrected chi connectivity index (χ2v) is 4.26. The third-order valence-corrected chi connectivity index (χ3v) is 3.00. The van der Waals surface area contributed by atoms with Crippen LogP contribution in [0.2, 0.25) is 0 Å². The van der Waals surface area contributed by atoms with E-state index in [-0.39, 0.29) is 0 Å². The third-order valence-electron chi connectivity index (χ3n) is 3.00. The molecular formula is C9H18N2O. The minimum absolute atomic E-state index is 0.296. The quantitative estimate of drug-likeness (QED) is 0.617. The Morgan fingerprint density at radius 2 is 2.33 bits per heavy atom. The maximum atomic E-state index is 5.42. The van der Waals surface area contributed by atoms with Gasteiger partial charge < -0.3 is 4.74 Å². The Morgan fingerprint density at radius 3 is 2.83 bits per heavy atom. The van der Waals surface area contributed by atoms with Crippen LogP contribution >= 0.6 is 0 Å². The zero-order chi connectivity index (χ0) is 8.60. The van der Waals surface area contributed by atoms with Gasteiger partial charge in [-0.15, -0.1) is 0 Å².